The lowest BCUT2D eigenvalue weighted by molar-refractivity contribution is 1.01. The van der Waals surface area contributed by atoms with Crippen molar-refractivity contribution in [1.29, 1.82) is 0 Å². The summed E-state index contributed by atoms with van der Waals surface area (Å²) in [6.45, 7) is 0.663. The third-order valence-corrected chi connectivity index (χ3v) is 5.20. The standard InChI is InChI=1S/C19H15N7OS/c27-18-13(4-2-7-22-18)16-25-17(14-19(26-16)28-10-24-14)21-8-5-11-9-23-15-12(11)3-1-6-20-15/h1-4,6-7,9-10H,5,8H2,(H,20,23)(H,22,27)(H,21,25,26). The van der Waals surface area contributed by atoms with Crippen molar-refractivity contribution < 1.29 is 0 Å². The van der Waals surface area contributed by atoms with Crippen LogP contribution in [0.2, 0.25) is 0 Å². The number of H-pyrrole nitrogens is 2. The second-order valence-electron chi connectivity index (χ2n) is 6.21. The lowest BCUT2D eigenvalue weighted by Gasteiger charge is -2.08. The van der Waals surface area contributed by atoms with Crippen molar-refractivity contribution in [3.63, 3.8) is 0 Å². The van der Waals surface area contributed by atoms with Gasteiger partial charge in [-0.05, 0) is 36.2 Å². The zero-order valence-corrected chi connectivity index (χ0v) is 15.5. The third-order valence-electron chi connectivity index (χ3n) is 4.48. The maximum absolute atomic E-state index is 12.1. The molecule has 5 rings (SSSR count). The molecule has 138 valence electrons. The Hall–Kier alpha value is -3.59. The van der Waals surface area contributed by atoms with Gasteiger partial charge in [0.15, 0.2) is 11.6 Å². The van der Waals surface area contributed by atoms with E-state index in [2.05, 4.69) is 41.3 Å². The molecule has 0 aromatic carbocycles. The molecule has 0 saturated carbocycles. The number of nitrogens with one attached hydrogen (secondary N) is 3. The number of aromatic amines is 2. The third kappa shape index (κ3) is 2.91. The van der Waals surface area contributed by atoms with Crippen LogP contribution in [0.15, 0.2) is 53.2 Å². The number of rotatable bonds is 5. The average Bonchev–Trinajstić information content (AvgIpc) is 3.35. The van der Waals surface area contributed by atoms with Crippen LogP contribution < -0.4 is 10.9 Å². The van der Waals surface area contributed by atoms with Crippen LogP contribution in [0.5, 0.6) is 0 Å². The Morgan fingerprint density at radius 3 is 3.00 bits per heavy atom. The first kappa shape index (κ1) is 16.6. The zero-order chi connectivity index (χ0) is 18.9. The minimum absolute atomic E-state index is 0.219. The Bertz CT molecular complexity index is 1340. The van der Waals surface area contributed by atoms with Gasteiger partial charge in [0.05, 0.1) is 11.1 Å². The summed E-state index contributed by atoms with van der Waals surface area (Å²) in [5.74, 6) is 1.01. The van der Waals surface area contributed by atoms with Crippen LogP contribution in [-0.4, -0.2) is 36.4 Å². The number of thiazole rings is 1. The highest BCUT2D eigenvalue weighted by Gasteiger charge is 2.14. The maximum atomic E-state index is 12.1. The Balaban J connectivity index is 1.44. The molecule has 28 heavy (non-hydrogen) atoms. The largest absolute Gasteiger partial charge is 0.368 e. The molecule has 0 aliphatic carbocycles. The molecule has 3 N–H and O–H groups in total. The highest BCUT2D eigenvalue weighted by Crippen LogP contribution is 2.25. The SMILES string of the molecule is O=c1[nH]cccc1-c1nc(NCCc2c[nH]c3ncccc23)c2ncsc2n1. The molecule has 0 aliphatic rings. The van der Waals surface area contributed by atoms with Gasteiger partial charge in [-0.25, -0.2) is 19.9 Å². The summed E-state index contributed by atoms with van der Waals surface area (Å²) >= 11 is 1.42. The lowest BCUT2D eigenvalue weighted by atomic mass is 10.1. The van der Waals surface area contributed by atoms with E-state index in [0.29, 0.717) is 29.3 Å². The molecule has 0 bridgehead atoms. The van der Waals surface area contributed by atoms with Gasteiger partial charge in [-0.3, -0.25) is 4.79 Å². The second-order valence-corrected chi connectivity index (χ2v) is 7.04. The van der Waals surface area contributed by atoms with Gasteiger partial charge in [-0.1, -0.05) is 0 Å². The van der Waals surface area contributed by atoms with Crippen LogP contribution in [0.25, 0.3) is 32.8 Å². The quantitative estimate of drug-likeness (QED) is 0.426. The summed E-state index contributed by atoms with van der Waals surface area (Å²) in [5.41, 5.74) is 4.72. The monoisotopic (exact) mass is 389 g/mol. The van der Waals surface area contributed by atoms with Gasteiger partial charge >= 0.3 is 0 Å². The van der Waals surface area contributed by atoms with Crippen LogP contribution in [0.4, 0.5) is 5.82 Å². The fraction of sp³-hybridized carbons (Fsp3) is 0.105. The minimum atomic E-state index is -0.219. The van der Waals surface area contributed by atoms with Gasteiger partial charge in [-0.15, -0.1) is 11.3 Å². The van der Waals surface area contributed by atoms with Gasteiger partial charge in [-0.2, -0.15) is 0 Å². The molecular formula is C19H15N7OS. The first-order chi connectivity index (χ1) is 13.8. The molecular weight excluding hydrogens is 374 g/mol. The van der Waals surface area contributed by atoms with Gasteiger partial charge in [0.1, 0.15) is 16.0 Å². The molecule has 0 atom stereocenters. The first-order valence-corrected chi connectivity index (χ1v) is 9.62. The van der Waals surface area contributed by atoms with Crippen molar-refractivity contribution in [2.75, 3.05) is 11.9 Å². The predicted molar refractivity (Wildman–Crippen MR) is 110 cm³/mol. The Morgan fingerprint density at radius 2 is 2.07 bits per heavy atom. The summed E-state index contributed by atoms with van der Waals surface area (Å²) in [4.78, 5) is 36.5. The van der Waals surface area contributed by atoms with E-state index in [0.717, 1.165) is 22.3 Å². The zero-order valence-electron chi connectivity index (χ0n) is 14.6. The Morgan fingerprint density at radius 1 is 1.11 bits per heavy atom. The molecule has 5 aromatic rings. The summed E-state index contributed by atoms with van der Waals surface area (Å²) in [6, 6.07) is 7.45. The number of hydrogen-bond acceptors (Lipinski definition) is 7. The van der Waals surface area contributed by atoms with Crippen molar-refractivity contribution >= 4 is 38.5 Å². The molecule has 0 fully saturated rings. The highest BCUT2D eigenvalue weighted by molar-refractivity contribution is 7.16. The van der Waals surface area contributed by atoms with Crippen LogP contribution >= 0.6 is 11.3 Å². The summed E-state index contributed by atoms with van der Waals surface area (Å²) in [5, 5.41) is 4.47. The second kappa shape index (κ2) is 6.86. The van der Waals surface area contributed by atoms with E-state index in [9.17, 15) is 4.79 Å². The van der Waals surface area contributed by atoms with Crippen LogP contribution in [0.1, 0.15) is 5.56 Å². The van der Waals surface area contributed by atoms with Gasteiger partial charge in [0, 0.05) is 30.5 Å². The molecule has 0 saturated heterocycles. The fourth-order valence-corrected chi connectivity index (χ4v) is 3.80. The molecule has 0 amide bonds. The van der Waals surface area contributed by atoms with Crippen LogP contribution in [0, 0.1) is 0 Å². The number of aromatic nitrogens is 6. The first-order valence-electron chi connectivity index (χ1n) is 8.74. The van der Waals surface area contributed by atoms with Crippen molar-refractivity contribution in [3.05, 3.63) is 64.3 Å². The van der Waals surface area contributed by atoms with Crippen molar-refractivity contribution in [3.8, 4) is 11.4 Å². The van der Waals surface area contributed by atoms with E-state index < -0.39 is 0 Å². The number of fused-ring (bicyclic) bond motifs is 2. The van der Waals surface area contributed by atoms with E-state index in [1.54, 1.807) is 30.0 Å². The topological polar surface area (TPSA) is 112 Å². The summed E-state index contributed by atoms with van der Waals surface area (Å²) in [7, 11) is 0. The average molecular weight is 389 g/mol. The van der Waals surface area contributed by atoms with E-state index in [1.807, 2.05) is 12.3 Å². The number of anilines is 1. The molecule has 0 unspecified atom stereocenters. The molecule has 9 heteroatoms. The molecule has 0 spiro atoms. The summed E-state index contributed by atoms with van der Waals surface area (Å²) in [6.07, 6.45) is 6.13. The van der Waals surface area contributed by atoms with E-state index >= 15 is 0 Å². The fourth-order valence-electron chi connectivity index (χ4n) is 3.14. The maximum Gasteiger partial charge on any atom is 0.259 e. The molecule has 5 aromatic heterocycles. The minimum Gasteiger partial charge on any atom is -0.368 e. The van der Waals surface area contributed by atoms with Gasteiger partial charge in [0.25, 0.3) is 5.56 Å². The van der Waals surface area contributed by atoms with Crippen LogP contribution in [0.3, 0.4) is 0 Å². The lowest BCUT2D eigenvalue weighted by Crippen LogP contribution is -2.11. The predicted octanol–water partition coefficient (Wildman–Crippen LogP) is 2.97. The van der Waals surface area contributed by atoms with Crippen LogP contribution in [-0.2, 0) is 6.42 Å². The van der Waals surface area contributed by atoms with Crippen molar-refractivity contribution in [2.45, 2.75) is 6.42 Å². The number of pyridine rings is 2. The Kier molecular flexibility index (Phi) is 4.06. The molecule has 5 heterocycles. The van der Waals surface area contributed by atoms with E-state index in [4.69, 9.17) is 0 Å². The Labute approximate surface area is 162 Å². The molecule has 0 aliphatic heterocycles. The molecule has 0 radical (unpaired) electrons. The van der Waals surface area contributed by atoms with Crippen molar-refractivity contribution in [1.82, 2.24) is 29.9 Å². The molecule has 8 nitrogen and oxygen atoms in total. The number of hydrogen-bond donors (Lipinski definition) is 3. The van der Waals surface area contributed by atoms with Gasteiger partial charge < -0.3 is 15.3 Å². The summed E-state index contributed by atoms with van der Waals surface area (Å²) < 4.78 is 0. The normalized spacial score (nSPS) is 11.3. The van der Waals surface area contributed by atoms with E-state index in [-0.39, 0.29) is 5.56 Å². The van der Waals surface area contributed by atoms with E-state index in [1.165, 1.54) is 16.9 Å². The smallest absolute Gasteiger partial charge is 0.259 e. The van der Waals surface area contributed by atoms with Gasteiger partial charge in [0.2, 0.25) is 0 Å². The number of nitrogens with zero attached hydrogens (tertiary/aromatic N) is 4. The highest BCUT2D eigenvalue weighted by atomic mass is 32.1. The van der Waals surface area contributed by atoms with Crippen molar-refractivity contribution in [2.24, 2.45) is 0 Å².